The van der Waals surface area contributed by atoms with Gasteiger partial charge in [0.15, 0.2) is 0 Å². The summed E-state index contributed by atoms with van der Waals surface area (Å²) in [5.74, 6) is 0.0893. The highest BCUT2D eigenvalue weighted by atomic mass is 35.5. The van der Waals surface area contributed by atoms with Crippen LogP contribution in [0.25, 0.3) is 11.0 Å². The van der Waals surface area contributed by atoms with Gasteiger partial charge in [-0.25, -0.2) is 13.1 Å². The molecule has 0 aliphatic heterocycles. The van der Waals surface area contributed by atoms with Gasteiger partial charge in [-0.2, -0.15) is 0 Å². The maximum absolute atomic E-state index is 12.6. The smallest absolute Gasteiger partial charge is 0.265 e. The molecule has 0 fully saturated rings. The lowest BCUT2D eigenvalue weighted by Gasteiger charge is -2.07. The molecule has 0 unspecified atom stereocenters. The summed E-state index contributed by atoms with van der Waals surface area (Å²) < 4.78 is 32.3. The van der Waals surface area contributed by atoms with Crippen molar-refractivity contribution in [2.75, 3.05) is 0 Å². The number of halogens is 2. The van der Waals surface area contributed by atoms with Crippen LogP contribution < -0.4 is 4.72 Å². The fraction of sp³-hybridized carbons (Fsp3) is 0.261. The highest BCUT2D eigenvalue weighted by molar-refractivity contribution is 7.92. The van der Waals surface area contributed by atoms with E-state index < -0.39 is 15.9 Å². The van der Waals surface area contributed by atoms with Gasteiger partial charge in [0.1, 0.15) is 11.3 Å². The molecule has 0 atom stereocenters. The van der Waals surface area contributed by atoms with Crippen molar-refractivity contribution in [3.05, 3.63) is 80.4 Å². The van der Waals surface area contributed by atoms with E-state index >= 15 is 0 Å². The maximum atomic E-state index is 12.6. The first-order valence-corrected chi connectivity index (χ1v) is 12.3. The van der Waals surface area contributed by atoms with Gasteiger partial charge in [-0.1, -0.05) is 55.6 Å². The lowest BCUT2D eigenvalue weighted by molar-refractivity contribution is 0.0982. The van der Waals surface area contributed by atoms with Gasteiger partial charge < -0.3 is 4.42 Å². The molecule has 1 amide bonds. The zero-order valence-corrected chi connectivity index (χ0v) is 19.6. The molecule has 0 saturated heterocycles. The molecule has 164 valence electrons. The third-order valence-electron chi connectivity index (χ3n) is 4.81. The van der Waals surface area contributed by atoms with Crippen molar-refractivity contribution in [3.63, 3.8) is 0 Å². The highest BCUT2D eigenvalue weighted by Crippen LogP contribution is 2.32. The van der Waals surface area contributed by atoms with Gasteiger partial charge in [0.2, 0.25) is 0 Å². The molecule has 0 radical (unpaired) electrons. The van der Waals surface area contributed by atoms with Gasteiger partial charge in [-0.15, -0.1) is 0 Å². The number of fused-ring (bicyclic) bond motifs is 1. The number of benzene rings is 2. The Hall–Kier alpha value is -2.28. The van der Waals surface area contributed by atoms with E-state index in [0.29, 0.717) is 34.9 Å². The second kappa shape index (κ2) is 9.90. The normalized spacial score (nSPS) is 12.0. The van der Waals surface area contributed by atoms with Crippen LogP contribution in [0.4, 0.5) is 0 Å². The van der Waals surface area contributed by atoms with Crippen LogP contribution >= 0.6 is 23.2 Å². The number of allylic oxidation sites excluding steroid dienone is 1. The summed E-state index contributed by atoms with van der Waals surface area (Å²) in [5, 5.41) is 2.86. The lowest BCUT2D eigenvalue weighted by atomic mass is 9.99. The molecule has 1 N–H and O–H groups in total. The number of carbonyl (C=O) groups is 1. The van der Waals surface area contributed by atoms with Crippen molar-refractivity contribution in [2.24, 2.45) is 0 Å². The van der Waals surface area contributed by atoms with E-state index in [4.69, 9.17) is 27.6 Å². The molecule has 1 heterocycles. The molecule has 0 spiro atoms. The van der Waals surface area contributed by atoms with Crippen LogP contribution in [-0.4, -0.2) is 14.3 Å². The van der Waals surface area contributed by atoms with E-state index in [1.165, 1.54) is 6.08 Å². The van der Waals surface area contributed by atoms with E-state index in [-0.39, 0.29) is 5.56 Å². The summed E-state index contributed by atoms with van der Waals surface area (Å²) in [4.78, 5) is 12.6. The Morgan fingerprint density at radius 3 is 2.58 bits per heavy atom. The van der Waals surface area contributed by atoms with Crippen LogP contribution in [0.2, 0.25) is 10.0 Å². The third-order valence-corrected chi connectivity index (χ3v) is 6.41. The molecular weight excluding hydrogens is 457 g/mol. The quantitative estimate of drug-likeness (QED) is 0.413. The minimum Gasteiger partial charge on any atom is -0.461 e. The summed E-state index contributed by atoms with van der Waals surface area (Å²) >= 11 is 12.3. The average Bonchev–Trinajstić information content (AvgIpc) is 3.06. The number of carbonyl (C=O) groups excluding carboxylic acids is 1. The summed E-state index contributed by atoms with van der Waals surface area (Å²) in [5.41, 5.74) is 2.63. The lowest BCUT2D eigenvalue weighted by Crippen LogP contribution is -2.28. The minimum atomic E-state index is -3.86. The van der Waals surface area contributed by atoms with Crippen molar-refractivity contribution in [2.45, 2.75) is 39.5 Å². The monoisotopic (exact) mass is 479 g/mol. The van der Waals surface area contributed by atoms with E-state index in [9.17, 15) is 13.2 Å². The predicted octanol–water partition coefficient (Wildman–Crippen LogP) is 6.27. The average molecular weight is 480 g/mol. The molecule has 3 rings (SSSR count). The molecule has 0 aliphatic carbocycles. The highest BCUT2D eigenvalue weighted by Gasteiger charge is 2.19. The third kappa shape index (κ3) is 5.70. The van der Waals surface area contributed by atoms with Crippen molar-refractivity contribution in [3.8, 4) is 0 Å². The Labute approximate surface area is 192 Å². The Kier molecular flexibility index (Phi) is 7.46. The number of sulfonamides is 1. The van der Waals surface area contributed by atoms with Gasteiger partial charge >= 0.3 is 0 Å². The second-order valence-corrected chi connectivity index (χ2v) is 9.53. The number of hydrogen-bond donors (Lipinski definition) is 1. The Bertz CT molecular complexity index is 1250. The standard InChI is InChI=1S/C23H23Cl2NO4S/c1-3-5-6-11-31(28,29)26-23(27)16-8-10-22-19(13-16)18(21(4-2)30-22)12-15-7-9-17(24)14-20(15)25/h6-11,13-14H,3-5,12H2,1-2H3,(H,26,27)/b11-6+. The SMILES string of the molecule is CCC/C=C/S(=O)(=O)NC(=O)c1ccc2oc(CC)c(Cc3ccc(Cl)cc3Cl)c2c1. The molecule has 0 bridgehead atoms. The molecule has 31 heavy (non-hydrogen) atoms. The molecule has 2 aromatic carbocycles. The number of furan rings is 1. The number of unbranched alkanes of at least 4 members (excludes halogenated alkanes) is 1. The summed E-state index contributed by atoms with van der Waals surface area (Å²) in [6, 6.07) is 10.2. The first-order valence-electron chi connectivity index (χ1n) is 9.96. The van der Waals surface area contributed by atoms with E-state index in [0.717, 1.165) is 34.1 Å². The zero-order chi connectivity index (χ0) is 22.6. The van der Waals surface area contributed by atoms with Crippen LogP contribution in [0.3, 0.4) is 0 Å². The van der Waals surface area contributed by atoms with Crippen LogP contribution in [0.5, 0.6) is 0 Å². The van der Waals surface area contributed by atoms with Gasteiger partial charge in [-0.3, -0.25) is 4.79 Å². The minimum absolute atomic E-state index is 0.229. The fourth-order valence-electron chi connectivity index (χ4n) is 3.26. The van der Waals surface area contributed by atoms with Crippen LogP contribution in [0, 0.1) is 0 Å². The van der Waals surface area contributed by atoms with Crippen LogP contribution in [0.15, 0.2) is 52.3 Å². The zero-order valence-electron chi connectivity index (χ0n) is 17.2. The van der Waals surface area contributed by atoms with E-state index in [1.807, 2.05) is 19.9 Å². The van der Waals surface area contributed by atoms with Gasteiger partial charge in [0.05, 0.1) is 0 Å². The molecule has 3 aromatic rings. The molecule has 5 nitrogen and oxygen atoms in total. The first kappa shape index (κ1) is 23.4. The second-order valence-electron chi connectivity index (χ2n) is 7.12. The number of aryl methyl sites for hydroxylation is 1. The molecule has 0 aliphatic rings. The summed E-state index contributed by atoms with van der Waals surface area (Å²) in [6.07, 6.45) is 4.11. The largest absolute Gasteiger partial charge is 0.461 e. The number of amides is 1. The number of hydrogen-bond acceptors (Lipinski definition) is 4. The Morgan fingerprint density at radius 2 is 1.90 bits per heavy atom. The number of rotatable bonds is 8. The molecular formula is C23H23Cl2NO4S. The first-order chi connectivity index (χ1) is 14.7. The maximum Gasteiger partial charge on any atom is 0.265 e. The van der Waals surface area contributed by atoms with Crippen molar-refractivity contribution < 1.29 is 17.6 Å². The van der Waals surface area contributed by atoms with Gasteiger partial charge in [-0.05, 0) is 42.3 Å². The Balaban J connectivity index is 1.95. The van der Waals surface area contributed by atoms with Crippen molar-refractivity contribution >= 4 is 50.1 Å². The van der Waals surface area contributed by atoms with Gasteiger partial charge in [0.25, 0.3) is 15.9 Å². The summed E-state index contributed by atoms with van der Waals surface area (Å²) in [6.45, 7) is 3.92. The predicted molar refractivity (Wildman–Crippen MR) is 125 cm³/mol. The fourth-order valence-corrected chi connectivity index (χ4v) is 4.57. The van der Waals surface area contributed by atoms with Crippen molar-refractivity contribution in [1.82, 2.24) is 4.72 Å². The van der Waals surface area contributed by atoms with E-state index in [2.05, 4.69) is 4.72 Å². The molecule has 1 aromatic heterocycles. The van der Waals surface area contributed by atoms with Crippen molar-refractivity contribution in [1.29, 1.82) is 0 Å². The van der Waals surface area contributed by atoms with Gasteiger partial charge in [0, 0.05) is 44.8 Å². The molecule has 8 heteroatoms. The number of nitrogens with one attached hydrogen (secondary N) is 1. The van der Waals surface area contributed by atoms with Crippen LogP contribution in [0.1, 0.15) is 53.9 Å². The Morgan fingerprint density at radius 1 is 1.13 bits per heavy atom. The van der Waals surface area contributed by atoms with E-state index in [1.54, 1.807) is 30.3 Å². The summed E-state index contributed by atoms with van der Waals surface area (Å²) in [7, 11) is -3.86. The van der Waals surface area contributed by atoms with Crippen LogP contribution in [-0.2, 0) is 22.9 Å². The molecule has 0 saturated carbocycles. The topological polar surface area (TPSA) is 76.4 Å².